The Kier molecular flexibility index (Phi) is 3.74. The Balaban J connectivity index is 1.99. The minimum atomic E-state index is -0.270. The number of hydrazine groups is 1. The van der Waals surface area contributed by atoms with Gasteiger partial charge >= 0.3 is 0 Å². The normalized spacial score (nSPS) is 10.2. The molecule has 3 N–H and O–H groups in total. The molecule has 2 aromatic rings. The fraction of sp³-hybridized carbons (Fsp3) is 0.154. The van der Waals surface area contributed by atoms with E-state index in [1.807, 2.05) is 6.07 Å². The van der Waals surface area contributed by atoms with Gasteiger partial charge in [0, 0.05) is 17.8 Å². The Morgan fingerprint density at radius 3 is 2.78 bits per heavy atom. The number of pyridine rings is 1. The Labute approximate surface area is 105 Å². The summed E-state index contributed by atoms with van der Waals surface area (Å²) in [6.45, 7) is 2.04. The number of aromatic nitrogens is 1. The molecule has 0 bridgehead atoms. The van der Waals surface area contributed by atoms with Crippen molar-refractivity contribution in [1.82, 2.24) is 4.98 Å². The molecule has 0 fully saturated rings. The van der Waals surface area contributed by atoms with Gasteiger partial charge in [0.1, 0.15) is 24.0 Å². The largest absolute Gasteiger partial charge is 0.489 e. The second-order valence-electron chi connectivity index (χ2n) is 3.90. The van der Waals surface area contributed by atoms with Crippen molar-refractivity contribution in [3.63, 3.8) is 0 Å². The molecular formula is C13H14FN3O. The zero-order valence-electron chi connectivity index (χ0n) is 9.98. The van der Waals surface area contributed by atoms with Crippen molar-refractivity contribution in [2.45, 2.75) is 13.5 Å². The van der Waals surface area contributed by atoms with Crippen LogP contribution in [0.25, 0.3) is 0 Å². The standard InChI is InChI=1S/C13H14FN3O/c1-9-2-4-11(6-12(9)14)18-8-10-3-5-13(17-15)16-7-10/h2-7H,8,15H2,1H3,(H,16,17). The van der Waals surface area contributed by atoms with Gasteiger partial charge in [0.15, 0.2) is 0 Å². The minimum Gasteiger partial charge on any atom is -0.489 e. The summed E-state index contributed by atoms with van der Waals surface area (Å²) in [5.74, 6) is 6.02. The maximum atomic E-state index is 13.3. The van der Waals surface area contributed by atoms with Gasteiger partial charge in [-0.05, 0) is 24.6 Å². The zero-order valence-corrected chi connectivity index (χ0v) is 9.98. The highest BCUT2D eigenvalue weighted by molar-refractivity contribution is 5.34. The average Bonchev–Trinajstić information content (AvgIpc) is 2.41. The number of nitrogens with zero attached hydrogens (tertiary/aromatic N) is 1. The van der Waals surface area contributed by atoms with E-state index in [4.69, 9.17) is 10.6 Å². The monoisotopic (exact) mass is 247 g/mol. The number of hydrogen-bond acceptors (Lipinski definition) is 4. The van der Waals surface area contributed by atoms with Crippen LogP contribution in [-0.2, 0) is 6.61 Å². The minimum absolute atomic E-state index is 0.270. The lowest BCUT2D eigenvalue weighted by molar-refractivity contribution is 0.304. The zero-order chi connectivity index (χ0) is 13.0. The van der Waals surface area contributed by atoms with Crippen LogP contribution in [0, 0.1) is 12.7 Å². The van der Waals surface area contributed by atoms with Crippen LogP contribution in [0.2, 0.25) is 0 Å². The van der Waals surface area contributed by atoms with E-state index < -0.39 is 0 Å². The van der Waals surface area contributed by atoms with Gasteiger partial charge in [-0.15, -0.1) is 0 Å². The lowest BCUT2D eigenvalue weighted by Crippen LogP contribution is -2.08. The van der Waals surface area contributed by atoms with E-state index in [0.29, 0.717) is 23.7 Å². The molecule has 0 spiro atoms. The van der Waals surface area contributed by atoms with Gasteiger partial charge in [-0.3, -0.25) is 0 Å². The van der Waals surface area contributed by atoms with Gasteiger partial charge in [0.2, 0.25) is 0 Å². The molecule has 1 heterocycles. The first-order valence-corrected chi connectivity index (χ1v) is 5.49. The second kappa shape index (κ2) is 5.46. The molecule has 0 saturated heterocycles. The number of ether oxygens (including phenoxy) is 1. The molecule has 94 valence electrons. The molecule has 0 amide bonds. The number of hydrogen-bond donors (Lipinski definition) is 2. The summed E-state index contributed by atoms with van der Waals surface area (Å²) >= 11 is 0. The van der Waals surface area contributed by atoms with Gasteiger partial charge in [-0.25, -0.2) is 15.2 Å². The molecule has 0 aliphatic heterocycles. The van der Waals surface area contributed by atoms with Crippen molar-refractivity contribution in [3.8, 4) is 5.75 Å². The summed E-state index contributed by atoms with van der Waals surface area (Å²) < 4.78 is 18.8. The van der Waals surface area contributed by atoms with E-state index in [1.165, 1.54) is 6.07 Å². The first-order valence-electron chi connectivity index (χ1n) is 5.49. The SMILES string of the molecule is Cc1ccc(OCc2ccc(NN)nc2)cc1F. The predicted octanol–water partition coefficient (Wildman–Crippen LogP) is 2.39. The van der Waals surface area contributed by atoms with Crippen LogP contribution in [0.1, 0.15) is 11.1 Å². The van der Waals surface area contributed by atoms with Gasteiger partial charge in [0.25, 0.3) is 0 Å². The molecule has 5 heteroatoms. The molecule has 0 atom stereocenters. The third kappa shape index (κ3) is 2.95. The highest BCUT2D eigenvalue weighted by atomic mass is 19.1. The summed E-state index contributed by atoms with van der Waals surface area (Å²) in [5, 5.41) is 0. The fourth-order valence-corrected chi connectivity index (χ4v) is 1.43. The van der Waals surface area contributed by atoms with E-state index in [9.17, 15) is 4.39 Å². The molecule has 0 aliphatic carbocycles. The van der Waals surface area contributed by atoms with Crippen LogP contribution in [0.3, 0.4) is 0 Å². The molecule has 0 radical (unpaired) electrons. The Morgan fingerprint density at radius 2 is 2.17 bits per heavy atom. The molecule has 18 heavy (non-hydrogen) atoms. The highest BCUT2D eigenvalue weighted by Crippen LogP contribution is 2.17. The van der Waals surface area contributed by atoms with Crippen LogP contribution in [0.5, 0.6) is 5.75 Å². The number of nitrogens with two attached hydrogens (primary N) is 1. The van der Waals surface area contributed by atoms with Crippen molar-refractivity contribution in [1.29, 1.82) is 0 Å². The Bertz CT molecular complexity index is 528. The van der Waals surface area contributed by atoms with Gasteiger partial charge in [-0.2, -0.15) is 0 Å². The molecule has 0 saturated carbocycles. The number of nitrogens with one attached hydrogen (secondary N) is 1. The Hall–Kier alpha value is -2.14. The summed E-state index contributed by atoms with van der Waals surface area (Å²) in [4.78, 5) is 4.05. The number of halogens is 1. The van der Waals surface area contributed by atoms with Crippen LogP contribution < -0.4 is 16.0 Å². The molecule has 1 aromatic heterocycles. The van der Waals surface area contributed by atoms with E-state index in [0.717, 1.165) is 5.56 Å². The molecular weight excluding hydrogens is 233 g/mol. The molecule has 0 unspecified atom stereocenters. The van der Waals surface area contributed by atoms with Crippen LogP contribution in [0.4, 0.5) is 10.2 Å². The van der Waals surface area contributed by atoms with Gasteiger partial charge < -0.3 is 10.2 Å². The lowest BCUT2D eigenvalue weighted by Gasteiger charge is -2.07. The van der Waals surface area contributed by atoms with E-state index in [2.05, 4.69) is 10.4 Å². The van der Waals surface area contributed by atoms with Gasteiger partial charge in [-0.1, -0.05) is 12.1 Å². The lowest BCUT2D eigenvalue weighted by atomic mass is 10.2. The topological polar surface area (TPSA) is 60.2 Å². The summed E-state index contributed by atoms with van der Waals surface area (Å²) in [7, 11) is 0. The smallest absolute Gasteiger partial charge is 0.139 e. The van der Waals surface area contributed by atoms with Crippen LogP contribution in [0.15, 0.2) is 36.5 Å². The van der Waals surface area contributed by atoms with E-state index in [1.54, 1.807) is 31.3 Å². The summed E-state index contributed by atoms with van der Waals surface area (Å²) in [5.41, 5.74) is 3.92. The second-order valence-corrected chi connectivity index (χ2v) is 3.90. The van der Waals surface area contributed by atoms with E-state index in [-0.39, 0.29) is 5.82 Å². The van der Waals surface area contributed by atoms with Crippen LogP contribution in [-0.4, -0.2) is 4.98 Å². The number of aryl methyl sites for hydroxylation is 1. The summed E-state index contributed by atoms with van der Waals surface area (Å²) in [6, 6.07) is 8.38. The third-order valence-electron chi connectivity index (χ3n) is 2.52. The van der Waals surface area contributed by atoms with Crippen molar-refractivity contribution < 1.29 is 9.13 Å². The first kappa shape index (κ1) is 12.3. The van der Waals surface area contributed by atoms with Crippen molar-refractivity contribution in [3.05, 3.63) is 53.5 Å². The third-order valence-corrected chi connectivity index (χ3v) is 2.52. The highest BCUT2D eigenvalue weighted by Gasteiger charge is 2.01. The molecule has 4 nitrogen and oxygen atoms in total. The number of rotatable bonds is 4. The van der Waals surface area contributed by atoms with Crippen LogP contribution >= 0.6 is 0 Å². The molecule has 1 aromatic carbocycles. The van der Waals surface area contributed by atoms with Crippen molar-refractivity contribution in [2.75, 3.05) is 5.43 Å². The molecule has 0 aliphatic rings. The maximum absolute atomic E-state index is 13.3. The van der Waals surface area contributed by atoms with Crippen molar-refractivity contribution in [2.24, 2.45) is 5.84 Å². The number of anilines is 1. The maximum Gasteiger partial charge on any atom is 0.139 e. The first-order chi connectivity index (χ1) is 8.69. The van der Waals surface area contributed by atoms with Crippen molar-refractivity contribution >= 4 is 5.82 Å². The predicted molar refractivity (Wildman–Crippen MR) is 67.5 cm³/mol. The Morgan fingerprint density at radius 1 is 1.33 bits per heavy atom. The number of benzene rings is 1. The molecule has 2 rings (SSSR count). The van der Waals surface area contributed by atoms with E-state index >= 15 is 0 Å². The van der Waals surface area contributed by atoms with Gasteiger partial charge in [0.05, 0.1) is 0 Å². The summed E-state index contributed by atoms with van der Waals surface area (Å²) in [6.07, 6.45) is 1.65. The average molecular weight is 247 g/mol. The fourth-order valence-electron chi connectivity index (χ4n) is 1.43. The quantitative estimate of drug-likeness (QED) is 0.643. The number of nitrogen functional groups attached to an aromatic ring is 1.